The van der Waals surface area contributed by atoms with Gasteiger partial charge in [-0.1, -0.05) is 42.5 Å². The SMILES string of the molecule is CN(C)C[C@H]1CC[C@]2(COCCN(Cc3cccc4ccccc34)C2)O1. The van der Waals surface area contributed by atoms with Gasteiger partial charge in [0.25, 0.3) is 0 Å². The number of fused-ring (bicyclic) bond motifs is 1. The molecule has 2 atom stereocenters. The highest BCUT2D eigenvalue weighted by molar-refractivity contribution is 5.85. The van der Waals surface area contributed by atoms with Crippen LogP contribution in [0, 0.1) is 0 Å². The molecule has 0 unspecified atom stereocenters. The maximum atomic E-state index is 6.53. The summed E-state index contributed by atoms with van der Waals surface area (Å²) in [7, 11) is 4.23. The predicted molar refractivity (Wildman–Crippen MR) is 105 cm³/mol. The Hall–Kier alpha value is -1.46. The molecule has 2 aromatic carbocycles. The van der Waals surface area contributed by atoms with E-state index in [1.54, 1.807) is 0 Å². The van der Waals surface area contributed by atoms with Crippen LogP contribution in [0.5, 0.6) is 0 Å². The fourth-order valence-corrected chi connectivity index (χ4v) is 4.44. The van der Waals surface area contributed by atoms with Gasteiger partial charge in [0.2, 0.25) is 0 Å². The van der Waals surface area contributed by atoms with Gasteiger partial charge in [-0.3, -0.25) is 4.90 Å². The first kappa shape index (κ1) is 17.9. The second-order valence-electron chi connectivity index (χ2n) is 8.13. The lowest BCUT2D eigenvalue weighted by Gasteiger charge is -2.32. The second kappa shape index (κ2) is 7.65. The van der Waals surface area contributed by atoms with Crippen molar-refractivity contribution >= 4 is 10.8 Å². The van der Waals surface area contributed by atoms with Crippen LogP contribution in [0.25, 0.3) is 10.8 Å². The Morgan fingerprint density at radius 2 is 2.00 bits per heavy atom. The van der Waals surface area contributed by atoms with Gasteiger partial charge in [0.05, 0.1) is 19.3 Å². The van der Waals surface area contributed by atoms with Gasteiger partial charge in [0.15, 0.2) is 0 Å². The van der Waals surface area contributed by atoms with Gasteiger partial charge in [0, 0.05) is 26.2 Å². The number of rotatable bonds is 4. The molecule has 2 saturated heterocycles. The second-order valence-corrected chi connectivity index (χ2v) is 8.13. The molecule has 0 aromatic heterocycles. The van der Waals surface area contributed by atoms with Gasteiger partial charge in [-0.05, 0) is 43.3 Å². The minimum absolute atomic E-state index is 0.137. The summed E-state index contributed by atoms with van der Waals surface area (Å²) in [5, 5.41) is 2.67. The zero-order valence-corrected chi connectivity index (χ0v) is 16.0. The topological polar surface area (TPSA) is 24.9 Å². The van der Waals surface area contributed by atoms with Crippen molar-refractivity contribution in [2.75, 3.05) is 46.9 Å². The Morgan fingerprint density at radius 3 is 2.88 bits per heavy atom. The average molecular weight is 354 g/mol. The molecular formula is C22H30N2O2. The molecule has 2 aliphatic rings. The van der Waals surface area contributed by atoms with Crippen molar-refractivity contribution in [2.24, 2.45) is 0 Å². The largest absolute Gasteiger partial charge is 0.377 e. The third-order valence-electron chi connectivity index (χ3n) is 5.61. The van der Waals surface area contributed by atoms with Crippen molar-refractivity contribution in [2.45, 2.75) is 31.1 Å². The normalized spacial score (nSPS) is 27.4. The van der Waals surface area contributed by atoms with Crippen LogP contribution < -0.4 is 0 Å². The molecule has 0 amide bonds. The van der Waals surface area contributed by atoms with Crippen molar-refractivity contribution in [3.63, 3.8) is 0 Å². The summed E-state index contributed by atoms with van der Waals surface area (Å²) in [5.74, 6) is 0. The van der Waals surface area contributed by atoms with Gasteiger partial charge in [0.1, 0.15) is 5.60 Å². The monoisotopic (exact) mass is 354 g/mol. The zero-order valence-electron chi connectivity index (χ0n) is 16.0. The van der Waals surface area contributed by atoms with E-state index >= 15 is 0 Å². The summed E-state index contributed by atoms with van der Waals surface area (Å²) in [4.78, 5) is 4.74. The fourth-order valence-electron chi connectivity index (χ4n) is 4.44. The van der Waals surface area contributed by atoms with Crippen LogP contribution >= 0.6 is 0 Å². The van der Waals surface area contributed by atoms with Gasteiger partial charge < -0.3 is 14.4 Å². The Balaban J connectivity index is 1.50. The quantitative estimate of drug-likeness (QED) is 0.842. The Morgan fingerprint density at radius 1 is 1.15 bits per heavy atom. The van der Waals surface area contributed by atoms with E-state index < -0.39 is 0 Å². The first-order chi connectivity index (χ1) is 12.6. The van der Waals surface area contributed by atoms with E-state index in [-0.39, 0.29) is 5.60 Å². The van der Waals surface area contributed by atoms with Crippen molar-refractivity contribution < 1.29 is 9.47 Å². The highest BCUT2D eigenvalue weighted by Gasteiger charge is 2.43. The van der Waals surface area contributed by atoms with E-state index in [1.807, 2.05) is 0 Å². The molecule has 0 bridgehead atoms. The lowest BCUT2D eigenvalue weighted by atomic mass is 9.99. The van der Waals surface area contributed by atoms with Gasteiger partial charge >= 0.3 is 0 Å². The molecule has 4 heteroatoms. The third kappa shape index (κ3) is 3.94. The van der Waals surface area contributed by atoms with Crippen molar-refractivity contribution in [1.29, 1.82) is 0 Å². The Bertz CT molecular complexity index is 743. The molecule has 4 nitrogen and oxygen atoms in total. The van der Waals surface area contributed by atoms with Gasteiger partial charge in [-0.25, -0.2) is 0 Å². The lowest BCUT2D eigenvalue weighted by molar-refractivity contribution is -0.0901. The number of hydrogen-bond acceptors (Lipinski definition) is 4. The lowest BCUT2D eigenvalue weighted by Crippen LogP contribution is -2.45. The number of benzene rings is 2. The van der Waals surface area contributed by atoms with E-state index in [1.165, 1.54) is 16.3 Å². The van der Waals surface area contributed by atoms with Crippen LogP contribution in [-0.2, 0) is 16.0 Å². The molecule has 140 valence electrons. The number of ether oxygens (including phenoxy) is 2. The van der Waals surface area contributed by atoms with Crippen molar-refractivity contribution in [3.05, 3.63) is 48.0 Å². The maximum Gasteiger partial charge on any atom is 0.105 e. The molecule has 2 aromatic rings. The van der Waals surface area contributed by atoms with E-state index in [2.05, 4.69) is 66.4 Å². The Kier molecular flexibility index (Phi) is 5.28. The summed E-state index contributed by atoms with van der Waals surface area (Å²) >= 11 is 0. The molecule has 2 aliphatic heterocycles. The first-order valence-electron chi connectivity index (χ1n) is 9.73. The van der Waals surface area contributed by atoms with Crippen LogP contribution in [0.1, 0.15) is 18.4 Å². The Labute approximate surface area is 156 Å². The first-order valence-corrected chi connectivity index (χ1v) is 9.73. The van der Waals surface area contributed by atoms with Gasteiger partial charge in [-0.15, -0.1) is 0 Å². The van der Waals surface area contributed by atoms with Gasteiger partial charge in [-0.2, -0.15) is 0 Å². The summed E-state index contributed by atoms with van der Waals surface area (Å²) in [5.41, 5.74) is 1.25. The maximum absolute atomic E-state index is 6.53. The highest BCUT2D eigenvalue weighted by Crippen LogP contribution is 2.34. The minimum atomic E-state index is -0.137. The molecule has 0 aliphatic carbocycles. The molecule has 0 saturated carbocycles. The molecule has 4 rings (SSSR count). The average Bonchev–Trinajstić information content (AvgIpc) is 2.89. The number of nitrogens with zero attached hydrogens (tertiary/aromatic N) is 2. The zero-order chi connectivity index (χ0) is 18.0. The molecule has 1 spiro atoms. The molecular weight excluding hydrogens is 324 g/mol. The van der Waals surface area contributed by atoms with E-state index in [0.717, 1.165) is 52.2 Å². The standard InChI is InChI=1S/C22H30N2O2/c1-23(2)15-20-10-11-22(26-20)16-24(12-13-25-17-22)14-19-8-5-7-18-6-3-4-9-21(18)19/h3-9,20H,10-17H2,1-2H3/t20-,22+/m1/s1. The summed E-state index contributed by atoms with van der Waals surface area (Å²) in [6.07, 6.45) is 2.55. The summed E-state index contributed by atoms with van der Waals surface area (Å²) in [6.45, 7) is 5.38. The van der Waals surface area contributed by atoms with Crippen LogP contribution in [0.3, 0.4) is 0 Å². The molecule has 0 N–H and O–H groups in total. The van der Waals surface area contributed by atoms with Crippen LogP contribution in [0.4, 0.5) is 0 Å². The molecule has 26 heavy (non-hydrogen) atoms. The fraction of sp³-hybridized carbons (Fsp3) is 0.545. The van der Waals surface area contributed by atoms with Crippen molar-refractivity contribution in [3.8, 4) is 0 Å². The molecule has 0 radical (unpaired) electrons. The number of likely N-dealkylation sites (N-methyl/N-ethyl adjacent to an activating group) is 1. The predicted octanol–water partition coefficient (Wildman–Crippen LogP) is 3.15. The molecule has 2 fully saturated rings. The van der Waals surface area contributed by atoms with E-state index in [0.29, 0.717) is 6.10 Å². The highest BCUT2D eigenvalue weighted by atomic mass is 16.6. The van der Waals surface area contributed by atoms with Crippen LogP contribution in [0.15, 0.2) is 42.5 Å². The smallest absolute Gasteiger partial charge is 0.105 e. The van der Waals surface area contributed by atoms with Crippen LogP contribution in [-0.4, -0.2) is 68.4 Å². The van der Waals surface area contributed by atoms with Crippen LogP contribution in [0.2, 0.25) is 0 Å². The summed E-state index contributed by atoms with van der Waals surface area (Å²) in [6, 6.07) is 15.3. The number of hydrogen-bond donors (Lipinski definition) is 0. The van der Waals surface area contributed by atoms with E-state index in [9.17, 15) is 0 Å². The summed E-state index contributed by atoms with van der Waals surface area (Å²) < 4.78 is 12.5. The van der Waals surface area contributed by atoms with Crippen molar-refractivity contribution in [1.82, 2.24) is 9.80 Å². The van der Waals surface area contributed by atoms with E-state index in [4.69, 9.17) is 9.47 Å². The third-order valence-corrected chi connectivity index (χ3v) is 5.61. The molecule has 2 heterocycles. The minimum Gasteiger partial charge on any atom is -0.377 e.